The number of aromatic nitrogens is 2. The molecule has 0 aliphatic heterocycles. The van der Waals surface area contributed by atoms with Gasteiger partial charge in [-0.1, -0.05) is 23.2 Å². The van der Waals surface area contributed by atoms with Gasteiger partial charge in [0.25, 0.3) is 0 Å². The molecule has 1 aromatic heterocycles. The van der Waals surface area contributed by atoms with Crippen molar-refractivity contribution in [1.29, 1.82) is 0 Å². The van der Waals surface area contributed by atoms with Crippen molar-refractivity contribution in [2.45, 2.75) is 12.6 Å². The smallest absolute Gasteiger partial charge is 0.121 e. The molecule has 1 atom stereocenters. The van der Waals surface area contributed by atoms with Crippen molar-refractivity contribution in [3.05, 3.63) is 47.0 Å². The second kappa shape index (κ2) is 8.24. The number of halogens is 2. The van der Waals surface area contributed by atoms with Crippen LogP contribution in [0.2, 0.25) is 10.0 Å². The molecular formula is C14H17Cl2N3O2. The predicted molar refractivity (Wildman–Crippen MR) is 83.1 cm³/mol. The van der Waals surface area contributed by atoms with E-state index in [1.807, 2.05) is 10.8 Å². The van der Waals surface area contributed by atoms with Gasteiger partial charge in [0.2, 0.25) is 0 Å². The third-order valence-corrected chi connectivity index (χ3v) is 3.56. The van der Waals surface area contributed by atoms with E-state index in [1.54, 1.807) is 30.7 Å². The molecule has 0 saturated carbocycles. The lowest BCUT2D eigenvalue weighted by molar-refractivity contribution is 0.106. The van der Waals surface area contributed by atoms with E-state index in [2.05, 4.69) is 10.3 Å². The fourth-order valence-corrected chi connectivity index (χ4v) is 2.00. The Labute approximate surface area is 133 Å². The Balaban J connectivity index is 1.62. The van der Waals surface area contributed by atoms with Crippen molar-refractivity contribution in [3.63, 3.8) is 0 Å². The fourth-order valence-electron chi connectivity index (χ4n) is 1.71. The first-order chi connectivity index (χ1) is 10.1. The van der Waals surface area contributed by atoms with E-state index in [4.69, 9.17) is 27.9 Å². The van der Waals surface area contributed by atoms with E-state index in [0.717, 1.165) is 13.1 Å². The molecule has 21 heavy (non-hydrogen) atoms. The molecule has 2 N–H and O–H groups in total. The lowest BCUT2D eigenvalue weighted by Gasteiger charge is -2.13. The van der Waals surface area contributed by atoms with E-state index < -0.39 is 6.10 Å². The monoisotopic (exact) mass is 329 g/mol. The average molecular weight is 330 g/mol. The van der Waals surface area contributed by atoms with Gasteiger partial charge in [-0.3, -0.25) is 0 Å². The Morgan fingerprint density at radius 1 is 1.33 bits per heavy atom. The Morgan fingerprint density at radius 3 is 2.90 bits per heavy atom. The molecule has 0 bridgehead atoms. The predicted octanol–water partition coefficient (Wildman–Crippen LogP) is 2.22. The number of aliphatic hydroxyl groups is 1. The largest absolute Gasteiger partial charge is 0.491 e. The molecule has 1 aromatic carbocycles. The Morgan fingerprint density at radius 2 is 2.19 bits per heavy atom. The summed E-state index contributed by atoms with van der Waals surface area (Å²) in [6.45, 7) is 2.20. The van der Waals surface area contributed by atoms with Crippen molar-refractivity contribution in [3.8, 4) is 5.75 Å². The quantitative estimate of drug-likeness (QED) is 0.729. The van der Waals surface area contributed by atoms with Gasteiger partial charge in [-0.15, -0.1) is 0 Å². The maximum atomic E-state index is 9.83. The van der Waals surface area contributed by atoms with Gasteiger partial charge in [-0.25, -0.2) is 4.98 Å². The molecule has 2 rings (SSSR count). The molecule has 0 saturated heterocycles. The molecular weight excluding hydrogens is 313 g/mol. The third kappa shape index (κ3) is 5.55. The minimum Gasteiger partial charge on any atom is -0.491 e. The van der Waals surface area contributed by atoms with Crippen molar-refractivity contribution in [1.82, 2.24) is 14.9 Å². The number of benzene rings is 1. The number of nitrogens with one attached hydrogen (secondary N) is 1. The molecule has 0 spiro atoms. The fraction of sp³-hybridized carbons (Fsp3) is 0.357. The first-order valence-corrected chi connectivity index (χ1v) is 7.33. The second-order valence-corrected chi connectivity index (χ2v) is 5.36. The number of rotatable bonds is 8. The SMILES string of the molecule is OC(CNCCn1ccnc1)COc1ccc(Cl)c(Cl)c1. The van der Waals surface area contributed by atoms with Crippen molar-refractivity contribution >= 4 is 23.2 Å². The summed E-state index contributed by atoms with van der Waals surface area (Å²) < 4.78 is 7.42. The van der Waals surface area contributed by atoms with Gasteiger partial charge in [0, 0.05) is 38.1 Å². The van der Waals surface area contributed by atoms with E-state index in [9.17, 15) is 5.11 Å². The zero-order valence-corrected chi connectivity index (χ0v) is 12.9. The Bertz CT molecular complexity index is 549. The van der Waals surface area contributed by atoms with Crippen LogP contribution < -0.4 is 10.1 Å². The van der Waals surface area contributed by atoms with Crippen LogP contribution in [-0.4, -0.2) is 40.5 Å². The minimum absolute atomic E-state index is 0.191. The highest BCUT2D eigenvalue weighted by Crippen LogP contribution is 2.26. The molecule has 5 nitrogen and oxygen atoms in total. The molecule has 1 heterocycles. The molecule has 2 aromatic rings. The van der Waals surface area contributed by atoms with Crippen LogP contribution >= 0.6 is 23.2 Å². The normalized spacial score (nSPS) is 12.3. The van der Waals surface area contributed by atoms with Crippen LogP contribution in [0.1, 0.15) is 0 Å². The summed E-state index contributed by atoms with van der Waals surface area (Å²) >= 11 is 11.7. The highest BCUT2D eigenvalue weighted by molar-refractivity contribution is 6.42. The van der Waals surface area contributed by atoms with Gasteiger partial charge in [0.05, 0.1) is 16.4 Å². The number of imidazole rings is 1. The maximum Gasteiger partial charge on any atom is 0.121 e. The highest BCUT2D eigenvalue weighted by atomic mass is 35.5. The van der Waals surface area contributed by atoms with Crippen LogP contribution in [0.25, 0.3) is 0 Å². The van der Waals surface area contributed by atoms with Crippen LogP contribution in [0.4, 0.5) is 0 Å². The van der Waals surface area contributed by atoms with Crippen LogP contribution in [-0.2, 0) is 6.54 Å². The standard InChI is InChI=1S/C14H17Cl2N3O2/c15-13-2-1-12(7-14(13)16)21-9-11(20)8-17-3-5-19-6-4-18-10-19/h1-2,4,6-7,10-11,17,20H,3,5,8-9H2. The number of aliphatic hydroxyl groups excluding tert-OH is 1. The number of hydrogen-bond donors (Lipinski definition) is 2. The summed E-state index contributed by atoms with van der Waals surface area (Å²) in [5.41, 5.74) is 0. The van der Waals surface area contributed by atoms with Gasteiger partial charge in [-0.2, -0.15) is 0 Å². The van der Waals surface area contributed by atoms with Crippen LogP contribution in [0.3, 0.4) is 0 Å². The van der Waals surface area contributed by atoms with Gasteiger partial charge in [-0.05, 0) is 12.1 Å². The summed E-state index contributed by atoms with van der Waals surface area (Å²) in [7, 11) is 0. The van der Waals surface area contributed by atoms with Crippen molar-refractivity contribution in [2.24, 2.45) is 0 Å². The number of ether oxygens (including phenoxy) is 1. The van der Waals surface area contributed by atoms with Gasteiger partial charge in [0.1, 0.15) is 18.5 Å². The first kappa shape index (κ1) is 16.1. The lowest BCUT2D eigenvalue weighted by Crippen LogP contribution is -2.33. The molecule has 0 fully saturated rings. The lowest BCUT2D eigenvalue weighted by atomic mass is 10.3. The summed E-state index contributed by atoms with van der Waals surface area (Å²) in [4.78, 5) is 3.96. The second-order valence-electron chi connectivity index (χ2n) is 4.55. The van der Waals surface area contributed by atoms with E-state index in [1.165, 1.54) is 0 Å². The van der Waals surface area contributed by atoms with Gasteiger partial charge < -0.3 is 19.7 Å². The third-order valence-electron chi connectivity index (χ3n) is 2.82. The number of nitrogens with zero attached hydrogens (tertiary/aromatic N) is 2. The minimum atomic E-state index is -0.595. The molecule has 7 heteroatoms. The molecule has 0 amide bonds. The zero-order chi connectivity index (χ0) is 15.1. The summed E-state index contributed by atoms with van der Waals surface area (Å²) in [5.74, 6) is 0.585. The molecule has 0 aliphatic rings. The van der Waals surface area contributed by atoms with E-state index in [-0.39, 0.29) is 6.61 Å². The Hall–Kier alpha value is -1.27. The van der Waals surface area contributed by atoms with Crippen LogP contribution in [0.15, 0.2) is 36.9 Å². The first-order valence-electron chi connectivity index (χ1n) is 6.57. The van der Waals surface area contributed by atoms with Gasteiger partial charge >= 0.3 is 0 Å². The van der Waals surface area contributed by atoms with Crippen LogP contribution in [0, 0.1) is 0 Å². The topological polar surface area (TPSA) is 59.3 Å². The van der Waals surface area contributed by atoms with Crippen molar-refractivity contribution < 1.29 is 9.84 Å². The summed E-state index contributed by atoms with van der Waals surface area (Å²) in [6, 6.07) is 5.01. The molecule has 114 valence electrons. The van der Waals surface area contributed by atoms with E-state index in [0.29, 0.717) is 22.3 Å². The average Bonchev–Trinajstić information content (AvgIpc) is 2.98. The highest BCUT2D eigenvalue weighted by Gasteiger charge is 2.06. The van der Waals surface area contributed by atoms with E-state index >= 15 is 0 Å². The molecule has 0 radical (unpaired) electrons. The number of hydrogen-bond acceptors (Lipinski definition) is 4. The maximum absolute atomic E-state index is 9.83. The zero-order valence-electron chi connectivity index (χ0n) is 11.4. The Kier molecular flexibility index (Phi) is 6.32. The van der Waals surface area contributed by atoms with Gasteiger partial charge in [0.15, 0.2) is 0 Å². The molecule has 0 aliphatic carbocycles. The summed E-state index contributed by atoms with van der Waals surface area (Å²) in [6.07, 6.45) is 4.79. The van der Waals surface area contributed by atoms with Crippen LogP contribution in [0.5, 0.6) is 5.75 Å². The summed E-state index contributed by atoms with van der Waals surface area (Å²) in [5, 5.41) is 13.9. The van der Waals surface area contributed by atoms with Crippen molar-refractivity contribution in [2.75, 3.05) is 19.7 Å². The molecule has 1 unspecified atom stereocenters.